The molecule has 0 N–H and O–H groups in total. The highest BCUT2D eigenvalue weighted by Crippen LogP contribution is 2.27. The van der Waals surface area contributed by atoms with Gasteiger partial charge < -0.3 is 19.0 Å². The van der Waals surface area contributed by atoms with Crippen molar-refractivity contribution in [2.24, 2.45) is 0 Å². The van der Waals surface area contributed by atoms with Crippen LogP contribution in [0.5, 0.6) is 5.75 Å². The molecule has 2 heterocycles. The van der Waals surface area contributed by atoms with Crippen LogP contribution >= 0.6 is 0 Å². The molecule has 0 amide bonds. The Labute approximate surface area is 159 Å². The van der Waals surface area contributed by atoms with Crippen LogP contribution in [0.3, 0.4) is 0 Å². The molecular formula is C21H24N4O2. The molecule has 0 aliphatic carbocycles. The lowest BCUT2D eigenvalue weighted by molar-refractivity contribution is 0.162. The standard InChI is InChI=1S/C21H24N4O2/c1-15-11-18(10-9-17(15)12-24(2)3)26-19-13-25(14-19)21-23-22-20(27-21)16-7-5-4-6-8-16/h4-11,19H,12-14H2,1-3H3. The Bertz CT molecular complexity index is 902. The molecular weight excluding hydrogens is 340 g/mol. The SMILES string of the molecule is Cc1cc(OC2CN(c3nnc(-c4ccccc4)o3)C2)ccc1CN(C)C. The van der Waals surface area contributed by atoms with Gasteiger partial charge in [0.2, 0.25) is 5.89 Å². The van der Waals surface area contributed by atoms with Gasteiger partial charge in [-0.1, -0.05) is 29.4 Å². The van der Waals surface area contributed by atoms with E-state index < -0.39 is 0 Å². The van der Waals surface area contributed by atoms with Gasteiger partial charge in [0.05, 0.1) is 13.1 Å². The maximum Gasteiger partial charge on any atom is 0.318 e. The molecule has 27 heavy (non-hydrogen) atoms. The minimum Gasteiger partial charge on any atom is -0.487 e. The van der Waals surface area contributed by atoms with Gasteiger partial charge in [-0.2, -0.15) is 0 Å². The number of anilines is 1. The summed E-state index contributed by atoms with van der Waals surface area (Å²) in [7, 11) is 4.15. The van der Waals surface area contributed by atoms with Crippen molar-refractivity contribution in [1.82, 2.24) is 15.1 Å². The Morgan fingerprint density at radius 2 is 1.89 bits per heavy atom. The summed E-state index contributed by atoms with van der Waals surface area (Å²) >= 11 is 0. The molecule has 0 saturated carbocycles. The first kappa shape index (κ1) is 17.5. The minimum atomic E-state index is 0.135. The summed E-state index contributed by atoms with van der Waals surface area (Å²) in [6.07, 6.45) is 0.135. The van der Waals surface area contributed by atoms with Crippen LogP contribution in [0.25, 0.3) is 11.5 Å². The Hall–Kier alpha value is -2.86. The molecule has 0 radical (unpaired) electrons. The van der Waals surface area contributed by atoms with E-state index in [1.165, 1.54) is 11.1 Å². The first-order valence-electron chi connectivity index (χ1n) is 9.13. The Balaban J connectivity index is 1.34. The average Bonchev–Trinajstić information content (AvgIpc) is 3.10. The molecule has 1 aromatic heterocycles. The summed E-state index contributed by atoms with van der Waals surface area (Å²) in [6.45, 7) is 4.55. The normalized spacial score (nSPS) is 14.4. The van der Waals surface area contributed by atoms with Crippen LogP contribution in [0.4, 0.5) is 6.01 Å². The van der Waals surface area contributed by atoms with Crippen LogP contribution in [-0.2, 0) is 6.54 Å². The lowest BCUT2D eigenvalue weighted by Gasteiger charge is -2.37. The van der Waals surface area contributed by atoms with Crippen molar-refractivity contribution in [2.45, 2.75) is 19.6 Å². The topological polar surface area (TPSA) is 54.6 Å². The number of hydrogen-bond donors (Lipinski definition) is 0. The summed E-state index contributed by atoms with van der Waals surface area (Å²) in [4.78, 5) is 4.21. The van der Waals surface area contributed by atoms with E-state index >= 15 is 0 Å². The molecule has 2 aromatic carbocycles. The summed E-state index contributed by atoms with van der Waals surface area (Å²) in [5.41, 5.74) is 3.50. The largest absolute Gasteiger partial charge is 0.487 e. The molecule has 140 valence electrons. The molecule has 1 saturated heterocycles. The number of rotatable bonds is 6. The number of benzene rings is 2. The average molecular weight is 364 g/mol. The van der Waals surface area contributed by atoms with Gasteiger partial charge in [0, 0.05) is 12.1 Å². The molecule has 0 unspecified atom stereocenters. The number of aromatic nitrogens is 2. The van der Waals surface area contributed by atoms with Gasteiger partial charge in [0.25, 0.3) is 0 Å². The summed E-state index contributed by atoms with van der Waals surface area (Å²) in [6, 6.07) is 16.7. The smallest absolute Gasteiger partial charge is 0.318 e. The van der Waals surface area contributed by atoms with Gasteiger partial charge in [-0.15, -0.1) is 5.10 Å². The van der Waals surface area contributed by atoms with Crippen molar-refractivity contribution < 1.29 is 9.15 Å². The predicted molar refractivity (Wildman–Crippen MR) is 105 cm³/mol. The zero-order valence-corrected chi connectivity index (χ0v) is 15.9. The fourth-order valence-electron chi connectivity index (χ4n) is 3.16. The predicted octanol–water partition coefficient (Wildman–Crippen LogP) is 3.37. The quantitative estimate of drug-likeness (QED) is 0.668. The van der Waals surface area contributed by atoms with E-state index in [4.69, 9.17) is 9.15 Å². The van der Waals surface area contributed by atoms with E-state index in [0.29, 0.717) is 11.9 Å². The third-order valence-electron chi connectivity index (χ3n) is 4.66. The van der Waals surface area contributed by atoms with E-state index in [9.17, 15) is 0 Å². The third kappa shape index (κ3) is 3.95. The Kier molecular flexibility index (Phi) is 4.81. The number of hydrogen-bond acceptors (Lipinski definition) is 6. The zero-order chi connectivity index (χ0) is 18.8. The van der Waals surface area contributed by atoms with E-state index in [1.807, 2.05) is 35.2 Å². The van der Waals surface area contributed by atoms with Crippen molar-refractivity contribution >= 4 is 6.01 Å². The second-order valence-corrected chi connectivity index (χ2v) is 7.23. The van der Waals surface area contributed by atoms with Gasteiger partial charge in [0.1, 0.15) is 11.9 Å². The summed E-state index contributed by atoms with van der Waals surface area (Å²) < 4.78 is 11.9. The maximum absolute atomic E-state index is 6.09. The molecule has 0 atom stereocenters. The van der Waals surface area contributed by atoms with Gasteiger partial charge in [-0.3, -0.25) is 0 Å². The lowest BCUT2D eigenvalue weighted by atomic mass is 10.1. The highest BCUT2D eigenvalue weighted by molar-refractivity contribution is 5.53. The van der Waals surface area contributed by atoms with Gasteiger partial charge in [0.15, 0.2) is 0 Å². The van der Waals surface area contributed by atoms with Crippen LogP contribution in [-0.4, -0.2) is 48.4 Å². The number of aryl methyl sites for hydroxylation is 1. The van der Waals surface area contributed by atoms with Crippen LogP contribution in [0.1, 0.15) is 11.1 Å². The number of nitrogens with zero attached hydrogens (tertiary/aromatic N) is 4. The Morgan fingerprint density at radius 3 is 2.59 bits per heavy atom. The first-order chi connectivity index (χ1) is 13.1. The fraction of sp³-hybridized carbons (Fsp3) is 0.333. The molecule has 6 nitrogen and oxygen atoms in total. The second-order valence-electron chi connectivity index (χ2n) is 7.23. The van der Waals surface area contributed by atoms with Crippen molar-refractivity contribution in [1.29, 1.82) is 0 Å². The molecule has 1 aliphatic heterocycles. The van der Waals surface area contributed by atoms with Crippen molar-refractivity contribution in [3.63, 3.8) is 0 Å². The lowest BCUT2D eigenvalue weighted by Crippen LogP contribution is -2.54. The number of ether oxygens (including phenoxy) is 1. The van der Waals surface area contributed by atoms with E-state index in [0.717, 1.165) is 30.9 Å². The highest BCUT2D eigenvalue weighted by atomic mass is 16.5. The van der Waals surface area contributed by atoms with Gasteiger partial charge >= 0.3 is 6.01 Å². The van der Waals surface area contributed by atoms with Crippen LogP contribution in [0, 0.1) is 6.92 Å². The van der Waals surface area contributed by atoms with Gasteiger partial charge in [-0.25, -0.2) is 0 Å². The van der Waals surface area contributed by atoms with Crippen molar-refractivity contribution in [3.8, 4) is 17.2 Å². The first-order valence-corrected chi connectivity index (χ1v) is 9.13. The maximum atomic E-state index is 6.09. The molecule has 4 rings (SSSR count). The van der Waals surface area contributed by atoms with Crippen LogP contribution in [0.15, 0.2) is 52.9 Å². The van der Waals surface area contributed by atoms with Crippen molar-refractivity contribution in [3.05, 3.63) is 59.7 Å². The molecule has 1 aliphatic rings. The Morgan fingerprint density at radius 1 is 1.11 bits per heavy atom. The molecule has 6 heteroatoms. The van der Waals surface area contributed by atoms with Crippen LogP contribution < -0.4 is 9.64 Å². The monoisotopic (exact) mass is 364 g/mol. The third-order valence-corrected chi connectivity index (χ3v) is 4.66. The van der Waals surface area contributed by atoms with E-state index in [2.05, 4.69) is 54.3 Å². The summed E-state index contributed by atoms with van der Waals surface area (Å²) in [5.74, 6) is 1.46. The van der Waals surface area contributed by atoms with Crippen LogP contribution in [0.2, 0.25) is 0 Å². The van der Waals surface area contributed by atoms with Crippen molar-refractivity contribution in [2.75, 3.05) is 32.1 Å². The van der Waals surface area contributed by atoms with E-state index in [1.54, 1.807) is 0 Å². The molecule has 3 aromatic rings. The minimum absolute atomic E-state index is 0.135. The zero-order valence-electron chi connectivity index (χ0n) is 15.9. The van der Waals surface area contributed by atoms with Gasteiger partial charge in [-0.05, 0) is 56.4 Å². The highest BCUT2D eigenvalue weighted by Gasteiger charge is 2.32. The summed E-state index contributed by atoms with van der Waals surface area (Å²) in [5, 5.41) is 8.30. The fourth-order valence-corrected chi connectivity index (χ4v) is 3.16. The molecule has 1 fully saturated rings. The van der Waals surface area contributed by atoms with E-state index in [-0.39, 0.29) is 6.10 Å². The molecule has 0 bridgehead atoms. The molecule has 0 spiro atoms. The second kappa shape index (κ2) is 7.40.